The second-order valence-corrected chi connectivity index (χ2v) is 6.48. The quantitative estimate of drug-likeness (QED) is 0.894. The fourth-order valence-corrected chi connectivity index (χ4v) is 4.41. The summed E-state index contributed by atoms with van der Waals surface area (Å²) in [4.78, 5) is 6.88. The highest BCUT2D eigenvalue weighted by molar-refractivity contribution is 7.13. The molecule has 2 N–H and O–H groups in total. The van der Waals surface area contributed by atoms with E-state index in [9.17, 15) is 0 Å². The lowest BCUT2D eigenvalue weighted by atomic mass is 9.88. The Bertz CT molecular complexity index is 390. The Hall–Kier alpha value is -0.610. The van der Waals surface area contributed by atoms with Crippen molar-refractivity contribution in [2.24, 2.45) is 23.5 Å². The largest absolute Gasteiger partial charge is 0.351 e. The fourth-order valence-electron chi connectivity index (χ4n) is 3.60. The van der Waals surface area contributed by atoms with Crippen molar-refractivity contribution in [3.05, 3.63) is 11.1 Å². The van der Waals surface area contributed by atoms with Crippen molar-refractivity contribution in [2.45, 2.75) is 32.2 Å². The number of hydrogen-bond acceptors (Lipinski definition) is 4. The van der Waals surface area contributed by atoms with Crippen molar-refractivity contribution in [3.8, 4) is 0 Å². The second-order valence-electron chi connectivity index (χ2n) is 5.64. The number of rotatable bonds is 4. The average molecular weight is 251 g/mol. The van der Waals surface area contributed by atoms with Crippen molar-refractivity contribution < 1.29 is 0 Å². The lowest BCUT2D eigenvalue weighted by Gasteiger charge is -2.26. The van der Waals surface area contributed by atoms with Crippen LogP contribution in [0.25, 0.3) is 0 Å². The monoisotopic (exact) mass is 251 g/mol. The van der Waals surface area contributed by atoms with E-state index in [0.717, 1.165) is 28.6 Å². The van der Waals surface area contributed by atoms with Crippen molar-refractivity contribution in [3.63, 3.8) is 0 Å². The summed E-state index contributed by atoms with van der Waals surface area (Å²) in [6.45, 7) is 1.73. The molecule has 0 radical (unpaired) electrons. The zero-order chi connectivity index (χ0) is 11.8. The average Bonchev–Trinajstić information content (AvgIpc) is 3.04. The van der Waals surface area contributed by atoms with Crippen LogP contribution in [0.1, 0.15) is 31.4 Å². The molecule has 3 nitrogen and oxygen atoms in total. The molecule has 0 aliphatic heterocycles. The van der Waals surface area contributed by atoms with Crippen LogP contribution in [0.2, 0.25) is 0 Å². The molecule has 3 unspecified atom stereocenters. The Morgan fingerprint density at radius 1 is 1.47 bits per heavy atom. The van der Waals surface area contributed by atoms with Crippen LogP contribution in [0.5, 0.6) is 0 Å². The van der Waals surface area contributed by atoms with E-state index in [-0.39, 0.29) is 0 Å². The summed E-state index contributed by atoms with van der Waals surface area (Å²) in [5.74, 6) is 2.94. The van der Waals surface area contributed by atoms with Crippen LogP contribution in [-0.4, -0.2) is 18.6 Å². The third kappa shape index (κ3) is 2.20. The van der Waals surface area contributed by atoms with E-state index in [1.165, 1.54) is 32.2 Å². The van der Waals surface area contributed by atoms with E-state index in [2.05, 4.69) is 22.3 Å². The maximum atomic E-state index is 5.60. The van der Waals surface area contributed by atoms with Crippen molar-refractivity contribution >= 4 is 16.5 Å². The van der Waals surface area contributed by atoms with E-state index in [1.807, 2.05) is 0 Å². The molecule has 0 amide bonds. The Balaban J connectivity index is 1.61. The summed E-state index contributed by atoms with van der Waals surface area (Å²) in [5, 5.41) is 3.21. The van der Waals surface area contributed by atoms with Gasteiger partial charge in [0, 0.05) is 25.5 Å². The van der Waals surface area contributed by atoms with Gasteiger partial charge in [0.2, 0.25) is 0 Å². The van der Waals surface area contributed by atoms with Gasteiger partial charge in [-0.15, -0.1) is 11.3 Å². The third-order valence-electron chi connectivity index (χ3n) is 4.47. The molecule has 3 atom stereocenters. The summed E-state index contributed by atoms with van der Waals surface area (Å²) in [6, 6.07) is 0. The molecule has 4 heteroatoms. The number of fused-ring (bicyclic) bond motifs is 2. The minimum absolute atomic E-state index is 0.554. The third-order valence-corrected chi connectivity index (χ3v) is 5.47. The normalized spacial score (nSPS) is 31.1. The van der Waals surface area contributed by atoms with E-state index in [0.29, 0.717) is 6.54 Å². The Morgan fingerprint density at radius 2 is 2.35 bits per heavy atom. The molecule has 2 bridgehead atoms. The van der Waals surface area contributed by atoms with Crippen molar-refractivity contribution in [1.82, 2.24) is 4.98 Å². The fraction of sp³-hybridized carbons (Fsp3) is 0.769. The highest BCUT2D eigenvalue weighted by atomic mass is 32.1. The molecule has 2 saturated carbocycles. The molecular weight excluding hydrogens is 230 g/mol. The summed E-state index contributed by atoms with van der Waals surface area (Å²) < 4.78 is 0. The number of thiazole rings is 1. The van der Waals surface area contributed by atoms with E-state index < -0.39 is 0 Å². The second kappa shape index (κ2) is 4.58. The molecule has 0 spiro atoms. The molecule has 1 aromatic heterocycles. The van der Waals surface area contributed by atoms with Gasteiger partial charge in [0.25, 0.3) is 0 Å². The summed E-state index contributed by atoms with van der Waals surface area (Å²) in [5.41, 5.74) is 6.62. The van der Waals surface area contributed by atoms with Gasteiger partial charge in [0.15, 0.2) is 5.13 Å². The zero-order valence-corrected chi connectivity index (χ0v) is 11.2. The molecule has 94 valence electrons. The molecule has 2 aliphatic carbocycles. The van der Waals surface area contributed by atoms with Gasteiger partial charge < -0.3 is 10.6 Å². The summed E-state index contributed by atoms with van der Waals surface area (Å²) >= 11 is 1.72. The van der Waals surface area contributed by atoms with Gasteiger partial charge >= 0.3 is 0 Å². The first-order valence-corrected chi connectivity index (χ1v) is 7.50. The maximum Gasteiger partial charge on any atom is 0.185 e. The van der Waals surface area contributed by atoms with Crippen LogP contribution in [0.15, 0.2) is 5.38 Å². The van der Waals surface area contributed by atoms with Gasteiger partial charge in [-0.25, -0.2) is 4.98 Å². The predicted octanol–water partition coefficient (Wildman–Crippen LogP) is 2.47. The molecule has 0 saturated heterocycles. The first-order chi connectivity index (χ1) is 8.26. The molecule has 17 heavy (non-hydrogen) atoms. The van der Waals surface area contributed by atoms with Crippen LogP contribution in [0, 0.1) is 17.8 Å². The van der Waals surface area contributed by atoms with Crippen LogP contribution in [0.4, 0.5) is 5.13 Å². The smallest absolute Gasteiger partial charge is 0.185 e. The number of aromatic nitrogens is 1. The molecule has 3 rings (SSSR count). The maximum absolute atomic E-state index is 5.60. The van der Waals surface area contributed by atoms with Gasteiger partial charge in [-0.1, -0.05) is 6.42 Å². The molecule has 1 heterocycles. The Labute approximate surface area is 107 Å². The Morgan fingerprint density at radius 3 is 2.94 bits per heavy atom. The SMILES string of the molecule is CN(CC1CC2CCC1C2)c1nc(CN)cs1. The summed E-state index contributed by atoms with van der Waals surface area (Å²) in [7, 11) is 2.17. The van der Waals surface area contributed by atoms with Crippen LogP contribution in [0.3, 0.4) is 0 Å². The van der Waals surface area contributed by atoms with Crippen molar-refractivity contribution in [2.75, 3.05) is 18.5 Å². The van der Waals surface area contributed by atoms with Gasteiger partial charge in [-0.05, 0) is 37.0 Å². The van der Waals surface area contributed by atoms with E-state index in [1.54, 1.807) is 11.3 Å². The summed E-state index contributed by atoms with van der Waals surface area (Å²) in [6.07, 6.45) is 5.89. The van der Waals surface area contributed by atoms with E-state index in [4.69, 9.17) is 5.73 Å². The predicted molar refractivity (Wildman–Crippen MR) is 72.2 cm³/mol. The standard InChI is InChI=1S/C13H21N3S/c1-16(13-15-12(6-14)8-17-13)7-11-5-9-2-3-10(11)4-9/h8-11H,2-7,14H2,1H3. The van der Waals surface area contributed by atoms with E-state index >= 15 is 0 Å². The molecule has 2 fully saturated rings. The number of nitrogens with two attached hydrogens (primary N) is 1. The van der Waals surface area contributed by atoms with Crippen LogP contribution < -0.4 is 10.6 Å². The minimum Gasteiger partial charge on any atom is -0.351 e. The van der Waals surface area contributed by atoms with Gasteiger partial charge in [0.1, 0.15) is 0 Å². The topological polar surface area (TPSA) is 42.2 Å². The Kier molecular flexibility index (Phi) is 3.09. The number of hydrogen-bond donors (Lipinski definition) is 1. The highest BCUT2D eigenvalue weighted by Crippen LogP contribution is 2.48. The van der Waals surface area contributed by atoms with Gasteiger partial charge in [-0.3, -0.25) is 0 Å². The van der Waals surface area contributed by atoms with Gasteiger partial charge in [-0.2, -0.15) is 0 Å². The molecular formula is C13H21N3S. The molecule has 1 aromatic rings. The lowest BCUT2D eigenvalue weighted by Crippen LogP contribution is -2.28. The number of anilines is 1. The minimum atomic E-state index is 0.554. The van der Waals surface area contributed by atoms with Crippen LogP contribution >= 0.6 is 11.3 Å². The van der Waals surface area contributed by atoms with Crippen molar-refractivity contribution in [1.29, 1.82) is 0 Å². The molecule has 2 aliphatic rings. The van der Waals surface area contributed by atoms with Gasteiger partial charge in [0.05, 0.1) is 5.69 Å². The zero-order valence-electron chi connectivity index (χ0n) is 10.4. The highest BCUT2D eigenvalue weighted by Gasteiger charge is 2.39. The first kappa shape index (κ1) is 11.5. The molecule has 0 aromatic carbocycles. The first-order valence-electron chi connectivity index (χ1n) is 6.62. The van der Waals surface area contributed by atoms with Crippen LogP contribution in [-0.2, 0) is 6.54 Å². The lowest BCUT2D eigenvalue weighted by molar-refractivity contribution is 0.337. The number of nitrogens with zero attached hydrogens (tertiary/aromatic N) is 2.